The van der Waals surface area contributed by atoms with Gasteiger partial charge in [0.2, 0.25) is 0 Å². The first-order valence-corrected chi connectivity index (χ1v) is 9.17. The van der Waals surface area contributed by atoms with Crippen LogP contribution in [0.4, 0.5) is 0 Å². The van der Waals surface area contributed by atoms with Crippen molar-refractivity contribution >= 4 is 16.7 Å². The second kappa shape index (κ2) is 8.58. The van der Waals surface area contributed by atoms with E-state index < -0.39 is 6.10 Å². The first-order chi connectivity index (χ1) is 13.0. The fourth-order valence-corrected chi connectivity index (χ4v) is 2.85. The number of hydrogen-bond donors (Lipinski definition) is 1. The molecule has 0 fully saturated rings. The van der Waals surface area contributed by atoms with Crippen molar-refractivity contribution in [3.8, 4) is 11.5 Å². The van der Waals surface area contributed by atoms with Gasteiger partial charge in [-0.15, -0.1) is 0 Å². The average Bonchev–Trinajstić information content (AvgIpc) is 2.68. The largest absolute Gasteiger partial charge is 0.491 e. The molecule has 3 aromatic rings. The zero-order chi connectivity index (χ0) is 19.2. The molecule has 0 aliphatic carbocycles. The van der Waals surface area contributed by atoms with E-state index in [0.29, 0.717) is 18.9 Å². The van der Waals surface area contributed by atoms with E-state index in [0.717, 1.165) is 22.1 Å². The van der Waals surface area contributed by atoms with Crippen molar-refractivity contribution in [3.05, 3.63) is 71.8 Å². The molecule has 0 spiro atoms. The van der Waals surface area contributed by atoms with Crippen LogP contribution >= 0.6 is 0 Å². The predicted octanol–water partition coefficient (Wildman–Crippen LogP) is 4.42. The zero-order valence-electron chi connectivity index (χ0n) is 16.0. The van der Waals surface area contributed by atoms with Crippen molar-refractivity contribution in [2.45, 2.75) is 26.9 Å². The van der Waals surface area contributed by atoms with Gasteiger partial charge in [0.25, 0.3) is 5.91 Å². The Morgan fingerprint density at radius 1 is 1.00 bits per heavy atom. The molecule has 0 unspecified atom stereocenters. The molecule has 3 aromatic carbocycles. The van der Waals surface area contributed by atoms with Gasteiger partial charge in [0.1, 0.15) is 18.1 Å². The molecule has 1 amide bonds. The summed E-state index contributed by atoms with van der Waals surface area (Å²) < 4.78 is 11.6. The molecule has 1 atom stereocenters. The van der Waals surface area contributed by atoms with Gasteiger partial charge in [-0.3, -0.25) is 4.79 Å². The maximum Gasteiger partial charge on any atom is 0.260 e. The van der Waals surface area contributed by atoms with Crippen LogP contribution in [0.5, 0.6) is 11.5 Å². The Balaban J connectivity index is 1.48. The van der Waals surface area contributed by atoms with Crippen LogP contribution in [0.15, 0.2) is 60.7 Å². The minimum absolute atomic E-state index is 0.158. The van der Waals surface area contributed by atoms with Crippen molar-refractivity contribution < 1.29 is 14.3 Å². The van der Waals surface area contributed by atoms with E-state index in [2.05, 4.69) is 17.4 Å². The normalized spacial score (nSPS) is 11.8. The van der Waals surface area contributed by atoms with Crippen molar-refractivity contribution in [2.75, 3.05) is 13.2 Å². The number of benzene rings is 3. The SMILES string of the molecule is Cc1ccc(O[C@H](C)C(=O)NCCOc2cccc3ccccc23)cc1C. The fourth-order valence-electron chi connectivity index (χ4n) is 2.85. The predicted molar refractivity (Wildman–Crippen MR) is 108 cm³/mol. The van der Waals surface area contributed by atoms with Crippen LogP contribution in [0.2, 0.25) is 0 Å². The monoisotopic (exact) mass is 363 g/mol. The van der Waals surface area contributed by atoms with Gasteiger partial charge in [-0.25, -0.2) is 0 Å². The molecule has 0 saturated heterocycles. The van der Waals surface area contributed by atoms with E-state index in [1.807, 2.05) is 62.4 Å². The first kappa shape index (κ1) is 18.8. The Hall–Kier alpha value is -3.01. The van der Waals surface area contributed by atoms with Crippen molar-refractivity contribution in [3.63, 3.8) is 0 Å². The Kier molecular flexibility index (Phi) is 5.97. The summed E-state index contributed by atoms with van der Waals surface area (Å²) in [5.41, 5.74) is 2.34. The quantitative estimate of drug-likeness (QED) is 0.632. The van der Waals surface area contributed by atoms with Crippen LogP contribution in [-0.4, -0.2) is 25.2 Å². The van der Waals surface area contributed by atoms with Crippen LogP contribution in [0.25, 0.3) is 10.8 Å². The molecule has 0 radical (unpaired) electrons. The number of ether oxygens (including phenoxy) is 2. The second-order valence-corrected chi connectivity index (χ2v) is 6.62. The van der Waals surface area contributed by atoms with E-state index >= 15 is 0 Å². The van der Waals surface area contributed by atoms with Crippen molar-refractivity contribution in [1.82, 2.24) is 5.32 Å². The standard InChI is InChI=1S/C23H25NO3/c1-16-11-12-20(15-17(16)2)27-18(3)23(25)24-13-14-26-22-10-6-8-19-7-4-5-9-21(19)22/h4-12,15,18H,13-14H2,1-3H3,(H,24,25)/t18-/m1/s1. The molecule has 0 saturated carbocycles. The molecule has 0 heterocycles. The third-order valence-electron chi connectivity index (χ3n) is 4.57. The first-order valence-electron chi connectivity index (χ1n) is 9.17. The van der Waals surface area contributed by atoms with E-state index in [-0.39, 0.29) is 5.91 Å². The Morgan fingerprint density at radius 3 is 2.59 bits per heavy atom. The van der Waals surface area contributed by atoms with Crippen LogP contribution in [0, 0.1) is 13.8 Å². The van der Waals surface area contributed by atoms with E-state index in [4.69, 9.17) is 9.47 Å². The van der Waals surface area contributed by atoms with Gasteiger partial charge in [0, 0.05) is 5.39 Å². The minimum Gasteiger partial charge on any atom is -0.491 e. The summed E-state index contributed by atoms with van der Waals surface area (Å²) in [6.45, 7) is 6.64. The molecule has 0 aromatic heterocycles. The topological polar surface area (TPSA) is 47.6 Å². The molecule has 0 bridgehead atoms. The maximum absolute atomic E-state index is 12.2. The lowest BCUT2D eigenvalue weighted by Gasteiger charge is -2.16. The van der Waals surface area contributed by atoms with Crippen LogP contribution in [0.3, 0.4) is 0 Å². The molecule has 4 nitrogen and oxygen atoms in total. The van der Waals surface area contributed by atoms with Gasteiger partial charge >= 0.3 is 0 Å². The zero-order valence-corrected chi connectivity index (χ0v) is 16.0. The summed E-state index contributed by atoms with van der Waals surface area (Å²) in [6, 6.07) is 19.9. The number of rotatable bonds is 7. The molecule has 27 heavy (non-hydrogen) atoms. The van der Waals surface area contributed by atoms with Crippen LogP contribution in [-0.2, 0) is 4.79 Å². The number of fused-ring (bicyclic) bond motifs is 1. The Morgan fingerprint density at radius 2 is 1.78 bits per heavy atom. The highest BCUT2D eigenvalue weighted by molar-refractivity contribution is 5.88. The van der Waals surface area contributed by atoms with Crippen molar-refractivity contribution in [1.29, 1.82) is 0 Å². The maximum atomic E-state index is 12.2. The van der Waals surface area contributed by atoms with E-state index in [1.54, 1.807) is 6.92 Å². The fraction of sp³-hybridized carbons (Fsp3) is 0.261. The summed E-state index contributed by atoms with van der Waals surface area (Å²) in [4.78, 5) is 12.2. The highest BCUT2D eigenvalue weighted by Gasteiger charge is 2.14. The smallest absolute Gasteiger partial charge is 0.260 e. The molecule has 0 aliphatic heterocycles. The van der Waals surface area contributed by atoms with Crippen LogP contribution < -0.4 is 14.8 Å². The summed E-state index contributed by atoms with van der Waals surface area (Å²) in [5, 5.41) is 5.06. The molecule has 1 N–H and O–H groups in total. The van der Waals surface area contributed by atoms with Gasteiger partial charge in [0.15, 0.2) is 6.10 Å². The van der Waals surface area contributed by atoms with E-state index in [1.165, 1.54) is 5.56 Å². The molecule has 4 heteroatoms. The van der Waals surface area contributed by atoms with Gasteiger partial charge in [0.05, 0.1) is 6.54 Å². The molecular formula is C23H25NO3. The lowest BCUT2D eigenvalue weighted by Crippen LogP contribution is -2.38. The highest BCUT2D eigenvalue weighted by atomic mass is 16.5. The summed E-state index contributed by atoms with van der Waals surface area (Å²) >= 11 is 0. The third kappa shape index (κ3) is 4.79. The number of carbonyl (C=O) groups is 1. The number of amides is 1. The van der Waals surface area contributed by atoms with Crippen molar-refractivity contribution in [2.24, 2.45) is 0 Å². The molecule has 140 valence electrons. The number of nitrogens with one attached hydrogen (secondary N) is 1. The Labute approximate surface area is 160 Å². The minimum atomic E-state index is -0.565. The number of hydrogen-bond acceptors (Lipinski definition) is 3. The van der Waals surface area contributed by atoms with Gasteiger partial charge < -0.3 is 14.8 Å². The number of aryl methyl sites for hydroxylation is 2. The Bertz CT molecular complexity index is 931. The van der Waals surface area contributed by atoms with Gasteiger partial charge in [-0.05, 0) is 55.5 Å². The highest BCUT2D eigenvalue weighted by Crippen LogP contribution is 2.24. The third-order valence-corrected chi connectivity index (χ3v) is 4.57. The average molecular weight is 363 g/mol. The van der Waals surface area contributed by atoms with Gasteiger partial charge in [-0.2, -0.15) is 0 Å². The van der Waals surface area contributed by atoms with Crippen LogP contribution in [0.1, 0.15) is 18.1 Å². The van der Waals surface area contributed by atoms with Gasteiger partial charge in [-0.1, -0.05) is 42.5 Å². The lowest BCUT2D eigenvalue weighted by molar-refractivity contribution is -0.127. The molecular weight excluding hydrogens is 338 g/mol. The lowest BCUT2D eigenvalue weighted by atomic mass is 10.1. The summed E-state index contributed by atoms with van der Waals surface area (Å²) in [6.07, 6.45) is -0.565. The summed E-state index contributed by atoms with van der Waals surface area (Å²) in [5.74, 6) is 1.37. The van der Waals surface area contributed by atoms with E-state index in [9.17, 15) is 4.79 Å². The number of carbonyl (C=O) groups excluding carboxylic acids is 1. The molecule has 3 rings (SSSR count). The second-order valence-electron chi connectivity index (χ2n) is 6.62. The summed E-state index contributed by atoms with van der Waals surface area (Å²) in [7, 11) is 0. The molecule has 0 aliphatic rings.